The van der Waals surface area contributed by atoms with Crippen molar-refractivity contribution in [2.75, 3.05) is 14.2 Å². The van der Waals surface area contributed by atoms with Crippen molar-refractivity contribution >= 4 is 23.2 Å². The third kappa shape index (κ3) is 5.78. The van der Waals surface area contributed by atoms with Gasteiger partial charge in [-0.25, -0.2) is 9.80 Å². The molecule has 0 spiro atoms. The van der Waals surface area contributed by atoms with E-state index in [1.54, 1.807) is 5.01 Å². The second-order valence-corrected chi connectivity index (χ2v) is 8.93. The lowest BCUT2D eigenvalue weighted by molar-refractivity contribution is -0.134. The van der Waals surface area contributed by atoms with Crippen LogP contribution in [0.2, 0.25) is 0 Å². The van der Waals surface area contributed by atoms with E-state index in [-0.39, 0.29) is 18.6 Å². The van der Waals surface area contributed by atoms with Crippen LogP contribution in [0.15, 0.2) is 84.2 Å². The third-order valence-electron chi connectivity index (χ3n) is 6.54. The predicted octanol–water partition coefficient (Wildman–Crippen LogP) is 5.69. The summed E-state index contributed by atoms with van der Waals surface area (Å²) in [4.78, 5) is 24.9. The molecule has 0 aliphatic carbocycles. The maximum Gasteiger partial charge on any atom is 0.341 e. The molecule has 1 aliphatic heterocycles. The number of para-hydroxylation sites is 1. The second-order valence-electron chi connectivity index (χ2n) is 8.93. The molecule has 1 heterocycles. The van der Waals surface area contributed by atoms with Gasteiger partial charge in [0.15, 0.2) is 0 Å². The molecule has 1 unspecified atom stereocenters. The van der Waals surface area contributed by atoms with E-state index in [9.17, 15) is 9.59 Å². The highest BCUT2D eigenvalue weighted by Crippen LogP contribution is 2.35. The van der Waals surface area contributed by atoms with Crippen LogP contribution in [0.4, 0.5) is 0 Å². The van der Waals surface area contributed by atoms with E-state index in [4.69, 9.17) is 19.3 Å². The molecule has 38 heavy (non-hydrogen) atoms. The highest BCUT2D eigenvalue weighted by Gasteiger charge is 2.32. The van der Waals surface area contributed by atoms with E-state index in [1.165, 1.54) is 33.0 Å². The number of aryl methyl sites for hydroxylation is 1. The van der Waals surface area contributed by atoms with Gasteiger partial charge in [0.25, 0.3) is 0 Å². The van der Waals surface area contributed by atoms with Gasteiger partial charge < -0.3 is 14.2 Å². The molecule has 0 saturated heterocycles. The minimum absolute atomic E-state index is 0.114. The lowest BCUT2D eigenvalue weighted by atomic mass is 9.97. The lowest BCUT2D eigenvalue weighted by Gasteiger charge is -2.20. The van der Waals surface area contributed by atoms with Crippen molar-refractivity contribution in [1.29, 1.82) is 0 Å². The van der Waals surface area contributed by atoms with Crippen molar-refractivity contribution in [1.82, 2.24) is 5.01 Å². The Morgan fingerprint density at radius 2 is 1.71 bits per heavy atom. The molecular weight excluding hydrogens is 480 g/mol. The van der Waals surface area contributed by atoms with Crippen LogP contribution in [0.25, 0.3) is 5.57 Å². The van der Waals surface area contributed by atoms with Gasteiger partial charge in [-0.05, 0) is 40.8 Å². The number of carbonyl (C=O) groups is 2. The first-order valence-corrected chi connectivity index (χ1v) is 12.5. The number of rotatable bonds is 9. The summed E-state index contributed by atoms with van der Waals surface area (Å²) in [5.41, 5.74) is 5.66. The number of hydrazone groups is 1. The van der Waals surface area contributed by atoms with E-state index in [0.29, 0.717) is 23.3 Å². The van der Waals surface area contributed by atoms with Gasteiger partial charge in [0.2, 0.25) is 5.91 Å². The van der Waals surface area contributed by atoms with Gasteiger partial charge in [0, 0.05) is 18.9 Å². The summed E-state index contributed by atoms with van der Waals surface area (Å²) in [6.45, 7) is 3.86. The molecule has 1 amide bonds. The zero-order valence-electron chi connectivity index (χ0n) is 22.1. The first kappa shape index (κ1) is 26.7. The Balaban J connectivity index is 1.60. The summed E-state index contributed by atoms with van der Waals surface area (Å²) < 4.78 is 16.3. The SMILES string of the molecule is CCc1ccc(C2CC(c3ccccc3OCc3ccccc3/C(=C\OC)C(=O)OC)=NN2C(C)=O)cc1. The summed E-state index contributed by atoms with van der Waals surface area (Å²) in [6.07, 6.45) is 2.90. The van der Waals surface area contributed by atoms with Crippen LogP contribution in [-0.4, -0.2) is 36.8 Å². The van der Waals surface area contributed by atoms with Gasteiger partial charge in [0.1, 0.15) is 17.9 Å². The molecule has 0 radical (unpaired) electrons. The molecule has 0 saturated carbocycles. The van der Waals surface area contributed by atoms with Gasteiger partial charge in [-0.3, -0.25) is 4.79 Å². The maximum atomic E-state index is 12.5. The molecule has 7 heteroatoms. The molecule has 1 atom stereocenters. The molecule has 196 valence electrons. The fraction of sp³-hybridized carbons (Fsp3) is 0.258. The van der Waals surface area contributed by atoms with Crippen LogP contribution >= 0.6 is 0 Å². The van der Waals surface area contributed by atoms with E-state index in [0.717, 1.165) is 28.8 Å². The summed E-state index contributed by atoms with van der Waals surface area (Å²) in [6, 6.07) is 23.3. The van der Waals surface area contributed by atoms with Crippen molar-refractivity contribution in [3.63, 3.8) is 0 Å². The number of nitrogens with zero attached hydrogens (tertiary/aromatic N) is 2. The van der Waals surface area contributed by atoms with E-state index < -0.39 is 5.97 Å². The van der Waals surface area contributed by atoms with Crippen molar-refractivity contribution in [3.8, 4) is 5.75 Å². The summed E-state index contributed by atoms with van der Waals surface area (Å²) in [7, 11) is 2.82. The predicted molar refractivity (Wildman–Crippen MR) is 146 cm³/mol. The number of hydrogen-bond donors (Lipinski definition) is 0. The fourth-order valence-corrected chi connectivity index (χ4v) is 4.54. The number of benzene rings is 3. The Kier molecular flexibility index (Phi) is 8.58. The first-order chi connectivity index (χ1) is 18.5. The van der Waals surface area contributed by atoms with Crippen LogP contribution in [0, 0.1) is 0 Å². The minimum Gasteiger partial charge on any atom is -0.503 e. The summed E-state index contributed by atoms with van der Waals surface area (Å²) in [5, 5.41) is 6.27. The van der Waals surface area contributed by atoms with Gasteiger partial charge >= 0.3 is 5.97 Å². The van der Waals surface area contributed by atoms with Crippen LogP contribution in [0.3, 0.4) is 0 Å². The number of hydrogen-bond acceptors (Lipinski definition) is 6. The molecule has 4 rings (SSSR count). The van der Waals surface area contributed by atoms with Crippen molar-refractivity contribution < 1.29 is 23.8 Å². The number of esters is 1. The zero-order valence-corrected chi connectivity index (χ0v) is 22.1. The van der Waals surface area contributed by atoms with Crippen LogP contribution in [0.1, 0.15) is 54.1 Å². The first-order valence-electron chi connectivity index (χ1n) is 12.5. The van der Waals surface area contributed by atoms with E-state index in [1.807, 2.05) is 48.5 Å². The van der Waals surface area contributed by atoms with Gasteiger partial charge in [-0.15, -0.1) is 0 Å². The average molecular weight is 513 g/mol. The molecule has 3 aromatic rings. The number of carbonyl (C=O) groups excluding carboxylic acids is 2. The Bertz CT molecular complexity index is 1360. The number of amides is 1. The summed E-state index contributed by atoms with van der Waals surface area (Å²) in [5.74, 6) is 0.0291. The molecule has 0 bridgehead atoms. The highest BCUT2D eigenvalue weighted by molar-refractivity contribution is 6.16. The average Bonchev–Trinajstić information content (AvgIpc) is 3.41. The van der Waals surface area contributed by atoms with Crippen LogP contribution < -0.4 is 4.74 Å². The lowest BCUT2D eigenvalue weighted by Crippen LogP contribution is -2.24. The number of methoxy groups -OCH3 is 2. The Morgan fingerprint density at radius 1 is 1.00 bits per heavy atom. The quantitative estimate of drug-likeness (QED) is 0.209. The van der Waals surface area contributed by atoms with Crippen LogP contribution in [0.5, 0.6) is 5.75 Å². The van der Waals surface area contributed by atoms with Crippen molar-refractivity contribution in [2.24, 2.45) is 5.10 Å². The second kappa shape index (κ2) is 12.2. The topological polar surface area (TPSA) is 77.4 Å². The van der Waals surface area contributed by atoms with E-state index in [2.05, 4.69) is 31.2 Å². The monoisotopic (exact) mass is 512 g/mol. The molecule has 0 N–H and O–H groups in total. The van der Waals surface area contributed by atoms with Gasteiger partial charge in [-0.1, -0.05) is 67.6 Å². The highest BCUT2D eigenvalue weighted by atomic mass is 16.5. The normalized spacial score (nSPS) is 15.2. The molecule has 0 aromatic heterocycles. The summed E-state index contributed by atoms with van der Waals surface area (Å²) >= 11 is 0. The molecule has 1 aliphatic rings. The van der Waals surface area contributed by atoms with Crippen molar-refractivity contribution in [2.45, 2.75) is 39.3 Å². The fourth-order valence-electron chi connectivity index (χ4n) is 4.54. The minimum atomic E-state index is -0.498. The molecule has 0 fully saturated rings. The Morgan fingerprint density at radius 3 is 2.39 bits per heavy atom. The van der Waals surface area contributed by atoms with E-state index >= 15 is 0 Å². The Labute approximate surface area is 223 Å². The largest absolute Gasteiger partial charge is 0.503 e. The molecular formula is C31H32N2O5. The smallest absolute Gasteiger partial charge is 0.341 e. The van der Waals surface area contributed by atoms with Gasteiger partial charge in [0.05, 0.1) is 32.2 Å². The Hall–Kier alpha value is -4.39. The molecule has 7 nitrogen and oxygen atoms in total. The number of ether oxygens (including phenoxy) is 3. The van der Waals surface area contributed by atoms with Crippen LogP contribution in [-0.2, 0) is 32.1 Å². The maximum absolute atomic E-state index is 12.5. The van der Waals surface area contributed by atoms with Crippen molar-refractivity contribution in [3.05, 3.63) is 107 Å². The zero-order chi connectivity index (χ0) is 27.1. The standard InChI is InChI=1S/C31H32N2O5/c1-5-22-14-16-23(17-15-22)29-18-28(32-33(29)21(2)34)26-12-8-9-13-30(26)38-19-24-10-6-7-11-25(24)27(20-36-3)31(35)37-4/h6-17,20,29H,5,18-19H2,1-4H3/b27-20+. The third-order valence-corrected chi connectivity index (χ3v) is 6.54. The van der Waals surface area contributed by atoms with Gasteiger partial charge in [-0.2, -0.15) is 5.10 Å². The molecule has 3 aromatic carbocycles.